The Bertz CT molecular complexity index is 701. The molecule has 0 bridgehead atoms. The molecule has 0 aliphatic heterocycles. The molecule has 2 rings (SSSR count). The lowest BCUT2D eigenvalue weighted by atomic mass is 10.0. The highest BCUT2D eigenvalue weighted by Gasteiger charge is 2.19. The van der Waals surface area contributed by atoms with Crippen LogP contribution in [-0.2, 0) is 4.79 Å². The summed E-state index contributed by atoms with van der Waals surface area (Å²) < 4.78 is 6.75. The van der Waals surface area contributed by atoms with Gasteiger partial charge in [0, 0.05) is 12.2 Å². The van der Waals surface area contributed by atoms with Gasteiger partial charge in [0.15, 0.2) is 6.61 Å². The summed E-state index contributed by atoms with van der Waals surface area (Å²) in [7, 11) is 0. The highest BCUT2D eigenvalue weighted by Crippen LogP contribution is 2.27. The van der Waals surface area contributed by atoms with Crippen molar-refractivity contribution < 1.29 is 9.53 Å². The number of hydrogen-bond acceptors (Lipinski definition) is 4. The van der Waals surface area contributed by atoms with Gasteiger partial charge in [-0.1, -0.05) is 57.2 Å². The Morgan fingerprint density at radius 2 is 2.00 bits per heavy atom. The van der Waals surface area contributed by atoms with Crippen LogP contribution in [0.3, 0.4) is 0 Å². The summed E-state index contributed by atoms with van der Waals surface area (Å²) in [4.78, 5) is 19.0. The quantitative estimate of drug-likeness (QED) is 0.657. The van der Waals surface area contributed by atoms with Crippen LogP contribution in [0.15, 0.2) is 36.0 Å². The molecule has 4 nitrogen and oxygen atoms in total. The fraction of sp³-hybridized carbons (Fsp3) is 0.500. The fourth-order valence-corrected chi connectivity index (χ4v) is 3.54. The second-order valence-electron chi connectivity index (χ2n) is 6.87. The van der Waals surface area contributed by atoms with Crippen LogP contribution in [-0.4, -0.2) is 28.9 Å². The van der Waals surface area contributed by atoms with Crippen LogP contribution >= 0.6 is 11.3 Å². The predicted molar refractivity (Wildman–Crippen MR) is 105 cm³/mol. The maximum atomic E-state index is 12.7. The summed E-state index contributed by atoms with van der Waals surface area (Å²) in [5.74, 6) is 0.882. The monoisotopic (exact) mass is 360 g/mol. The van der Waals surface area contributed by atoms with E-state index in [0.29, 0.717) is 23.6 Å². The van der Waals surface area contributed by atoms with Gasteiger partial charge in [-0.05, 0) is 37.3 Å². The van der Waals surface area contributed by atoms with Crippen molar-refractivity contribution in [3.63, 3.8) is 0 Å². The van der Waals surface area contributed by atoms with Gasteiger partial charge in [0.1, 0.15) is 0 Å². The Morgan fingerprint density at radius 3 is 2.60 bits per heavy atom. The molecule has 0 spiro atoms. The van der Waals surface area contributed by atoms with Crippen LogP contribution in [0.1, 0.15) is 41.0 Å². The molecular weight excluding hydrogens is 332 g/mol. The fourth-order valence-electron chi connectivity index (χ4n) is 2.73. The van der Waals surface area contributed by atoms with Crippen LogP contribution in [0, 0.1) is 11.8 Å². The molecule has 0 unspecified atom stereocenters. The number of rotatable bonds is 8. The first-order valence-electron chi connectivity index (χ1n) is 8.90. The van der Waals surface area contributed by atoms with Gasteiger partial charge in [-0.15, -0.1) is 0 Å². The van der Waals surface area contributed by atoms with Crippen LogP contribution in [0.4, 0.5) is 0 Å². The molecule has 0 saturated heterocycles. The third kappa shape index (κ3) is 5.56. The number of allylic oxidation sites excluding steroid dienone is 2. The van der Waals surface area contributed by atoms with E-state index in [2.05, 4.69) is 38.8 Å². The minimum Gasteiger partial charge on any atom is -0.460 e. The van der Waals surface area contributed by atoms with Crippen molar-refractivity contribution in [1.82, 2.24) is 9.88 Å². The van der Waals surface area contributed by atoms with Crippen LogP contribution < -0.4 is 4.74 Å². The number of fused-ring (bicyclic) bond motifs is 1. The molecule has 0 atom stereocenters. The minimum atomic E-state index is -0.0192. The first-order chi connectivity index (χ1) is 11.9. The average molecular weight is 361 g/mol. The number of carbonyl (C=O) groups is 1. The number of aromatic nitrogens is 1. The summed E-state index contributed by atoms with van der Waals surface area (Å²) in [6.07, 6.45) is 3.07. The number of amides is 1. The molecule has 5 heteroatoms. The zero-order valence-corrected chi connectivity index (χ0v) is 16.6. The van der Waals surface area contributed by atoms with Gasteiger partial charge in [0.2, 0.25) is 0 Å². The first kappa shape index (κ1) is 19.4. The van der Waals surface area contributed by atoms with Crippen molar-refractivity contribution in [2.24, 2.45) is 11.8 Å². The van der Waals surface area contributed by atoms with E-state index in [4.69, 9.17) is 4.74 Å². The summed E-state index contributed by atoms with van der Waals surface area (Å²) in [5.41, 5.74) is 1.99. The maximum absolute atomic E-state index is 12.7. The largest absolute Gasteiger partial charge is 0.460 e. The third-order valence-electron chi connectivity index (χ3n) is 3.70. The van der Waals surface area contributed by atoms with Gasteiger partial charge in [-0.2, -0.15) is 0 Å². The van der Waals surface area contributed by atoms with Gasteiger partial charge in [-0.3, -0.25) is 4.79 Å². The van der Waals surface area contributed by atoms with Gasteiger partial charge >= 0.3 is 0 Å². The number of benzene rings is 1. The molecule has 2 aromatic rings. The zero-order valence-electron chi connectivity index (χ0n) is 15.8. The summed E-state index contributed by atoms with van der Waals surface area (Å²) in [6.45, 7) is 11.3. The van der Waals surface area contributed by atoms with Gasteiger partial charge in [0.05, 0.1) is 10.2 Å². The predicted octanol–water partition coefficient (Wildman–Crippen LogP) is 5.11. The van der Waals surface area contributed by atoms with Gasteiger partial charge < -0.3 is 9.64 Å². The van der Waals surface area contributed by atoms with Crippen molar-refractivity contribution in [3.8, 4) is 5.19 Å². The minimum absolute atomic E-state index is 0.0151. The molecule has 0 N–H and O–H groups in total. The Hall–Kier alpha value is -1.88. The molecule has 25 heavy (non-hydrogen) atoms. The van der Waals surface area contributed by atoms with Crippen LogP contribution in [0.25, 0.3) is 10.2 Å². The Labute approximate surface area is 154 Å². The number of carbonyl (C=O) groups excluding carboxylic acids is 1. The van der Waals surface area contributed by atoms with E-state index in [9.17, 15) is 4.79 Å². The molecule has 1 aromatic carbocycles. The SMILES string of the molecule is CCN(C(=O)COc1nc2ccccc2s1)C(=CC(C)C)CC(C)C. The lowest BCUT2D eigenvalue weighted by molar-refractivity contribution is -0.131. The highest BCUT2D eigenvalue weighted by atomic mass is 32.1. The standard InChI is InChI=1S/C20H28N2O2S/c1-6-22(16(11-14(2)3)12-15(4)5)19(23)13-24-20-21-17-9-7-8-10-18(17)25-20/h7-11,14-15H,6,12-13H2,1-5H3. The Morgan fingerprint density at radius 1 is 1.28 bits per heavy atom. The highest BCUT2D eigenvalue weighted by molar-refractivity contribution is 7.20. The average Bonchev–Trinajstić information content (AvgIpc) is 2.95. The normalized spacial score (nSPS) is 12.2. The van der Waals surface area contributed by atoms with E-state index >= 15 is 0 Å². The second-order valence-corrected chi connectivity index (χ2v) is 7.87. The molecular formula is C20H28N2O2S. The van der Waals surface area contributed by atoms with E-state index in [0.717, 1.165) is 22.3 Å². The molecule has 0 saturated carbocycles. The molecule has 1 amide bonds. The van der Waals surface area contributed by atoms with E-state index in [1.807, 2.05) is 36.1 Å². The van der Waals surface area contributed by atoms with Crippen LogP contribution in [0.5, 0.6) is 5.19 Å². The summed E-state index contributed by atoms with van der Waals surface area (Å²) >= 11 is 1.47. The lowest BCUT2D eigenvalue weighted by Crippen LogP contribution is -2.35. The molecule has 0 aliphatic rings. The molecule has 136 valence electrons. The Kier molecular flexibility index (Phi) is 7.00. The number of thiazole rings is 1. The zero-order chi connectivity index (χ0) is 18.4. The first-order valence-corrected chi connectivity index (χ1v) is 9.71. The van der Waals surface area contributed by atoms with Gasteiger partial charge in [-0.25, -0.2) is 4.98 Å². The molecule has 1 heterocycles. The molecule has 0 radical (unpaired) electrons. The lowest BCUT2D eigenvalue weighted by Gasteiger charge is -2.26. The summed E-state index contributed by atoms with van der Waals surface area (Å²) in [5, 5.41) is 0.545. The summed E-state index contributed by atoms with van der Waals surface area (Å²) in [6, 6.07) is 7.88. The van der Waals surface area contributed by atoms with E-state index < -0.39 is 0 Å². The van der Waals surface area contributed by atoms with E-state index in [-0.39, 0.29) is 12.5 Å². The topological polar surface area (TPSA) is 42.4 Å². The number of para-hydroxylation sites is 1. The number of hydrogen-bond donors (Lipinski definition) is 0. The maximum Gasteiger partial charge on any atom is 0.274 e. The van der Waals surface area contributed by atoms with Crippen molar-refractivity contribution in [2.75, 3.05) is 13.2 Å². The molecule has 1 aromatic heterocycles. The Balaban J connectivity index is 2.07. The molecule has 0 fully saturated rings. The van der Waals surface area contributed by atoms with Crippen molar-refractivity contribution in [2.45, 2.75) is 41.0 Å². The third-order valence-corrected chi connectivity index (χ3v) is 4.65. The number of likely N-dealkylation sites (N-methyl/N-ethyl adjacent to an activating group) is 1. The van der Waals surface area contributed by atoms with E-state index in [1.165, 1.54) is 11.3 Å². The van der Waals surface area contributed by atoms with Gasteiger partial charge in [0.25, 0.3) is 11.1 Å². The van der Waals surface area contributed by atoms with Crippen molar-refractivity contribution >= 4 is 27.5 Å². The molecule has 0 aliphatic carbocycles. The van der Waals surface area contributed by atoms with Crippen molar-refractivity contribution in [1.29, 1.82) is 0 Å². The number of nitrogens with zero attached hydrogens (tertiary/aromatic N) is 2. The van der Waals surface area contributed by atoms with Crippen LogP contribution in [0.2, 0.25) is 0 Å². The van der Waals surface area contributed by atoms with E-state index in [1.54, 1.807) is 0 Å². The smallest absolute Gasteiger partial charge is 0.274 e. The number of ether oxygens (including phenoxy) is 1. The second kappa shape index (κ2) is 8.99. The van der Waals surface area contributed by atoms with Crippen molar-refractivity contribution in [3.05, 3.63) is 36.0 Å².